The van der Waals surface area contributed by atoms with Crippen molar-refractivity contribution >= 4 is 27.5 Å². The molecule has 3 aromatic rings. The lowest BCUT2D eigenvalue weighted by Gasteiger charge is -2.25. The maximum atomic E-state index is 13.0. The van der Waals surface area contributed by atoms with E-state index in [0.717, 1.165) is 34.7 Å². The fourth-order valence-corrected chi connectivity index (χ4v) is 4.25. The Kier molecular flexibility index (Phi) is 9.17. The zero-order chi connectivity index (χ0) is 23.7. The van der Waals surface area contributed by atoms with Crippen LogP contribution >= 0.6 is 0 Å². The summed E-state index contributed by atoms with van der Waals surface area (Å²) in [4.78, 5) is 13.0. The van der Waals surface area contributed by atoms with Crippen LogP contribution < -0.4 is 4.74 Å². The molecule has 0 saturated heterocycles. The van der Waals surface area contributed by atoms with Gasteiger partial charge in [-0.05, 0) is 68.0 Å². The van der Waals surface area contributed by atoms with Crippen LogP contribution in [-0.2, 0) is 9.53 Å². The van der Waals surface area contributed by atoms with Crippen molar-refractivity contribution < 1.29 is 14.3 Å². The number of benzene rings is 3. The highest BCUT2D eigenvalue weighted by Gasteiger charge is 2.27. The first-order chi connectivity index (χ1) is 15.9. The minimum Gasteiger partial charge on any atom is -0.478 e. The summed E-state index contributed by atoms with van der Waals surface area (Å²) in [6.45, 7) is 7.96. The van der Waals surface area contributed by atoms with Crippen LogP contribution in [0, 0.1) is 0 Å². The van der Waals surface area contributed by atoms with Gasteiger partial charge >= 0.3 is 5.97 Å². The fraction of sp³-hybridized carbons (Fsp3) is 0.500. The number of carbonyl (C=O) groups is 1. The summed E-state index contributed by atoms with van der Waals surface area (Å²) in [7, 11) is 0. The van der Waals surface area contributed by atoms with E-state index in [1.54, 1.807) is 0 Å². The maximum Gasteiger partial charge on any atom is 0.347 e. The average molecular weight is 449 g/mol. The minimum atomic E-state index is -0.596. The molecular formula is C30H40O3. The van der Waals surface area contributed by atoms with E-state index in [-0.39, 0.29) is 5.97 Å². The Balaban J connectivity index is 1.71. The number of ether oxygens (including phenoxy) is 2. The molecule has 0 aliphatic heterocycles. The first kappa shape index (κ1) is 25.1. The molecule has 3 aromatic carbocycles. The van der Waals surface area contributed by atoms with Crippen LogP contribution in [0.15, 0.2) is 54.6 Å². The second kappa shape index (κ2) is 12.1. The number of carbonyl (C=O) groups excluding carboxylic acids is 1. The largest absolute Gasteiger partial charge is 0.478 e. The van der Waals surface area contributed by atoms with Crippen LogP contribution in [-0.4, -0.2) is 17.7 Å². The van der Waals surface area contributed by atoms with Gasteiger partial charge in [-0.25, -0.2) is 4.79 Å². The lowest BCUT2D eigenvalue weighted by molar-refractivity contribution is -0.163. The highest BCUT2D eigenvalue weighted by molar-refractivity contribution is 6.01. The van der Waals surface area contributed by atoms with Gasteiger partial charge in [0.2, 0.25) is 0 Å². The van der Waals surface area contributed by atoms with Crippen LogP contribution in [0.4, 0.5) is 0 Å². The van der Waals surface area contributed by atoms with Gasteiger partial charge in [-0.2, -0.15) is 0 Å². The third-order valence-corrected chi connectivity index (χ3v) is 5.97. The van der Waals surface area contributed by atoms with Crippen LogP contribution in [0.1, 0.15) is 85.5 Å². The Morgan fingerprint density at radius 2 is 1.39 bits per heavy atom. The second-order valence-corrected chi connectivity index (χ2v) is 10.1. The Morgan fingerprint density at radius 1 is 0.788 bits per heavy atom. The number of hydrogen-bond acceptors (Lipinski definition) is 3. The van der Waals surface area contributed by atoms with E-state index in [1.807, 2.05) is 39.0 Å². The molecule has 3 heteroatoms. The summed E-state index contributed by atoms with van der Waals surface area (Å²) in [5, 5.41) is 4.50. The van der Waals surface area contributed by atoms with Gasteiger partial charge in [-0.3, -0.25) is 0 Å². The van der Waals surface area contributed by atoms with Crippen molar-refractivity contribution in [3.8, 4) is 5.75 Å². The molecule has 1 atom stereocenters. The predicted molar refractivity (Wildman–Crippen MR) is 139 cm³/mol. The van der Waals surface area contributed by atoms with Crippen LogP contribution in [0.3, 0.4) is 0 Å². The van der Waals surface area contributed by atoms with Gasteiger partial charge in [0.15, 0.2) is 6.10 Å². The van der Waals surface area contributed by atoms with Gasteiger partial charge in [0.25, 0.3) is 0 Å². The Hall–Kier alpha value is -2.55. The van der Waals surface area contributed by atoms with Crippen molar-refractivity contribution in [2.75, 3.05) is 0 Å². The number of fused-ring (bicyclic) bond motifs is 2. The Labute approximate surface area is 199 Å². The number of rotatable bonds is 12. The van der Waals surface area contributed by atoms with Gasteiger partial charge in [-0.1, -0.05) is 88.3 Å². The molecule has 3 nitrogen and oxygen atoms in total. The Bertz CT molecular complexity index is 1030. The second-order valence-electron chi connectivity index (χ2n) is 10.1. The standard InChI is InChI=1S/C30H40O3/c1-5-6-7-8-9-10-11-12-19-28(29(31)33-30(2,3)4)32-27-20-15-18-25-21-23-16-13-14-17-24(23)22-26(25)27/h13-18,20-22,28H,5-12,19H2,1-4H3. The van der Waals surface area contributed by atoms with E-state index in [4.69, 9.17) is 9.47 Å². The molecule has 0 bridgehead atoms. The third kappa shape index (κ3) is 7.77. The number of esters is 1. The zero-order valence-electron chi connectivity index (χ0n) is 20.9. The van der Waals surface area contributed by atoms with E-state index in [2.05, 4.69) is 43.3 Å². The van der Waals surface area contributed by atoms with Gasteiger partial charge < -0.3 is 9.47 Å². The minimum absolute atomic E-state index is 0.275. The molecule has 0 radical (unpaired) electrons. The molecule has 33 heavy (non-hydrogen) atoms. The maximum absolute atomic E-state index is 13.0. The monoisotopic (exact) mass is 448 g/mol. The topological polar surface area (TPSA) is 35.5 Å². The van der Waals surface area contributed by atoms with Crippen molar-refractivity contribution in [1.29, 1.82) is 0 Å². The molecule has 0 aliphatic rings. The molecule has 0 fully saturated rings. The summed E-state index contributed by atoms with van der Waals surface area (Å²) in [6, 6.07) is 18.7. The summed E-state index contributed by atoms with van der Waals surface area (Å²) in [6.07, 6.45) is 9.89. The first-order valence-electron chi connectivity index (χ1n) is 12.7. The van der Waals surface area contributed by atoms with E-state index >= 15 is 0 Å². The molecule has 0 spiro atoms. The Morgan fingerprint density at radius 3 is 2.06 bits per heavy atom. The van der Waals surface area contributed by atoms with Crippen LogP contribution in [0.5, 0.6) is 5.75 Å². The smallest absolute Gasteiger partial charge is 0.347 e. The summed E-state index contributed by atoms with van der Waals surface area (Å²) in [5.41, 5.74) is -0.535. The van der Waals surface area contributed by atoms with Gasteiger partial charge in [0.1, 0.15) is 11.4 Å². The highest BCUT2D eigenvalue weighted by Crippen LogP contribution is 2.31. The quantitative estimate of drug-likeness (QED) is 0.158. The SMILES string of the molecule is CCCCCCCCCCC(Oc1cccc2cc3ccccc3cc12)C(=O)OC(C)(C)C. The molecular weight excluding hydrogens is 408 g/mol. The molecule has 1 unspecified atom stereocenters. The molecule has 0 N–H and O–H groups in total. The van der Waals surface area contributed by atoms with Crippen LogP contribution in [0.2, 0.25) is 0 Å². The summed E-state index contributed by atoms with van der Waals surface area (Å²) in [5.74, 6) is 0.469. The molecule has 0 amide bonds. The van der Waals surface area contributed by atoms with E-state index in [1.165, 1.54) is 43.9 Å². The summed E-state index contributed by atoms with van der Waals surface area (Å²) < 4.78 is 12.1. The van der Waals surface area contributed by atoms with Crippen molar-refractivity contribution in [2.24, 2.45) is 0 Å². The summed E-state index contributed by atoms with van der Waals surface area (Å²) >= 11 is 0. The van der Waals surface area contributed by atoms with Crippen molar-refractivity contribution in [2.45, 2.75) is 97.2 Å². The fourth-order valence-electron chi connectivity index (χ4n) is 4.25. The predicted octanol–water partition coefficient (Wildman–Crippen LogP) is 8.61. The molecule has 0 saturated carbocycles. The van der Waals surface area contributed by atoms with E-state index < -0.39 is 11.7 Å². The van der Waals surface area contributed by atoms with Crippen molar-refractivity contribution in [1.82, 2.24) is 0 Å². The number of unbranched alkanes of at least 4 members (excludes halogenated alkanes) is 7. The lowest BCUT2D eigenvalue weighted by atomic mass is 10.0. The molecule has 0 heterocycles. The van der Waals surface area contributed by atoms with Gasteiger partial charge in [0, 0.05) is 5.39 Å². The highest BCUT2D eigenvalue weighted by atomic mass is 16.6. The molecule has 0 aromatic heterocycles. The zero-order valence-corrected chi connectivity index (χ0v) is 20.9. The van der Waals surface area contributed by atoms with Crippen molar-refractivity contribution in [3.05, 3.63) is 54.6 Å². The average Bonchev–Trinajstić information content (AvgIpc) is 2.77. The third-order valence-electron chi connectivity index (χ3n) is 5.97. The molecule has 3 rings (SSSR count). The van der Waals surface area contributed by atoms with Gasteiger partial charge in [0.05, 0.1) is 0 Å². The van der Waals surface area contributed by atoms with E-state index in [0.29, 0.717) is 6.42 Å². The number of hydrogen-bond donors (Lipinski definition) is 0. The van der Waals surface area contributed by atoms with E-state index in [9.17, 15) is 4.79 Å². The first-order valence-corrected chi connectivity index (χ1v) is 12.7. The molecule has 0 aliphatic carbocycles. The van der Waals surface area contributed by atoms with Gasteiger partial charge in [-0.15, -0.1) is 0 Å². The lowest BCUT2D eigenvalue weighted by Crippen LogP contribution is -2.35. The normalized spacial score (nSPS) is 12.7. The van der Waals surface area contributed by atoms with Crippen molar-refractivity contribution in [3.63, 3.8) is 0 Å². The van der Waals surface area contributed by atoms with Crippen LogP contribution in [0.25, 0.3) is 21.5 Å². The molecule has 178 valence electrons.